The van der Waals surface area contributed by atoms with E-state index in [9.17, 15) is 27.9 Å². The Hall–Kier alpha value is -0.770. The fourth-order valence-electron chi connectivity index (χ4n) is 6.66. The molecule has 0 heterocycles. The fourth-order valence-corrected chi connectivity index (χ4v) is 7.21. The third kappa shape index (κ3) is 6.26. The molecule has 36 heavy (non-hydrogen) atoms. The van der Waals surface area contributed by atoms with Crippen LogP contribution >= 0.6 is 23.2 Å². The molecule has 3 unspecified atom stereocenters. The zero-order chi connectivity index (χ0) is 26.1. The van der Waals surface area contributed by atoms with Crippen molar-refractivity contribution in [3.05, 3.63) is 0 Å². The minimum Gasteiger partial charge on any atom is -0.392 e. The van der Waals surface area contributed by atoms with Gasteiger partial charge in [-0.1, -0.05) is 0 Å². The topological polar surface area (TPSA) is 87.7 Å². The number of nitrogens with one attached hydrogen (secondary N) is 2. The molecule has 11 heteroatoms. The van der Waals surface area contributed by atoms with Crippen LogP contribution in [-0.4, -0.2) is 64.7 Å². The van der Waals surface area contributed by atoms with E-state index in [2.05, 4.69) is 10.6 Å². The molecule has 0 aromatic rings. The second-order valence-electron chi connectivity index (χ2n) is 11.5. The first-order valence-electron chi connectivity index (χ1n) is 13.2. The summed E-state index contributed by atoms with van der Waals surface area (Å²) in [5, 5.41) is 16.7. The summed E-state index contributed by atoms with van der Waals surface area (Å²) < 4.78 is 44.4. The van der Waals surface area contributed by atoms with Crippen LogP contribution in [0.4, 0.5) is 13.2 Å². The van der Waals surface area contributed by atoms with Gasteiger partial charge >= 0.3 is 6.18 Å². The Bertz CT molecular complexity index is 799. The first-order chi connectivity index (χ1) is 16.9. The maximum atomic E-state index is 13.1. The van der Waals surface area contributed by atoms with Gasteiger partial charge in [0.15, 0.2) is 0 Å². The van der Waals surface area contributed by atoms with Gasteiger partial charge in [-0.2, -0.15) is 13.2 Å². The number of alkyl halides is 5. The van der Waals surface area contributed by atoms with Crippen LogP contribution in [0.15, 0.2) is 0 Å². The molecule has 5 fully saturated rings. The average molecular weight is 557 g/mol. The van der Waals surface area contributed by atoms with Gasteiger partial charge < -0.3 is 20.5 Å². The van der Waals surface area contributed by atoms with Crippen molar-refractivity contribution in [1.82, 2.24) is 10.6 Å². The van der Waals surface area contributed by atoms with E-state index in [4.69, 9.17) is 27.9 Å². The Morgan fingerprint density at radius 2 is 1.64 bits per heavy atom. The van der Waals surface area contributed by atoms with Gasteiger partial charge in [0.25, 0.3) is 0 Å². The Morgan fingerprint density at radius 1 is 0.972 bits per heavy atom. The standard InChI is InChI=1S/C25H37Cl2F3N2O4/c26-18-6-5-17(11-19(18)27)36-14-21(34)32-23-7-9-24(10-8-23,20(33)12-23)22(35)31-13-15-1-3-16(4-2-15)25(28,29)30/h15-20,33H,1-14H2,(H,31,35)(H,32,34)/t15?,16?,17?,18?,19?,20-,23?,24?/m1/s1. The lowest BCUT2D eigenvalue weighted by molar-refractivity contribution is -0.184. The van der Waals surface area contributed by atoms with E-state index in [1.54, 1.807) is 0 Å². The third-order valence-electron chi connectivity index (χ3n) is 9.13. The summed E-state index contributed by atoms with van der Waals surface area (Å²) in [5.41, 5.74) is -1.46. The first kappa shape index (κ1) is 28.2. The van der Waals surface area contributed by atoms with E-state index < -0.39 is 29.2 Å². The van der Waals surface area contributed by atoms with Gasteiger partial charge in [-0.15, -0.1) is 23.2 Å². The molecule has 6 nitrogen and oxygen atoms in total. The molecule has 0 saturated heterocycles. The molecule has 0 aliphatic heterocycles. The number of hydrogen-bond donors (Lipinski definition) is 3. The molecule has 4 atom stereocenters. The van der Waals surface area contributed by atoms with Crippen molar-refractivity contribution in [3.63, 3.8) is 0 Å². The Labute approximate surface area is 220 Å². The molecule has 0 radical (unpaired) electrons. The van der Waals surface area contributed by atoms with E-state index in [1.807, 2.05) is 0 Å². The van der Waals surface area contributed by atoms with Crippen LogP contribution in [0.5, 0.6) is 0 Å². The normalized spacial score (nSPS) is 41.1. The second-order valence-corrected chi connectivity index (χ2v) is 12.6. The number of carbonyl (C=O) groups excluding carboxylic acids is 2. The number of aliphatic hydroxyl groups is 1. The van der Waals surface area contributed by atoms with Crippen LogP contribution < -0.4 is 10.6 Å². The highest BCUT2D eigenvalue weighted by molar-refractivity contribution is 6.30. The van der Waals surface area contributed by atoms with E-state index in [0.29, 0.717) is 57.9 Å². The van der Waals surface area contributed by atoms with Crippen LogP contribution in [0, 0.1) is 17.3 Å². The molecule has 0 aromatic carbocycles. The molecule has 5 rings (SSSR count). The number of carbonyl (C=O) groups is 2. The Morgan fingerprint density at radius 3 is 2.22 bits per heavy atom. The summed E-state index contributed by atoms with van der Waals surface area (Å²) in [6, 6.07) is 0. The third-order valence-corrected chi connectivity index (χ3v) is 10.3. The highest BCUT2D eigenvalue weighted by Gasteiger charge is 2.58. The minimum absolute atomic E-state index is 0.0280. The van der Waals surface area contributed by atoms with Gasteiger partial charge in [-0.05, 0) is 83.0 Å². The number of hydrogen-bond acceptors (Lipinski definition) is 4. The minimum atomic E-state index is -4.15. The summed E-state index contributed by atoms with van der Waals surface area (Å²) in [5.74, 6) is -1.68. The second kappa shape index (κ2) is 11.1. The molecule has 206 valence electrons. The largest absolute Gasteiger partial charge is 0.392 e. The van der Waals surface area contributed by atoms with Gasteiger partial charge in [-0.3, -0.25) is 9.59 Å². The van der Waals surface area contributed by atoms with Gasteiger partial charge in [0.2, 0.25) is 11.8 Å². The predicted octanol–water partition coefficient (Wildman–Crippen LogP) is 4.44. The molecule has 2 bridgehead atoms. The van der Waals surface area contributed by atoms with Crippen molar-refractivity contribution < 1.29 is 32.6 Å². The lowest BCUT2D eigenvalue weighted by atomic mass is 9.55. The van der Waals surface area contributed by atoms with E-state index in [0.717, 1.165) is 12.8 Å². The van der Waals surface area contributed by atoms with Gasteiger partial charge in [0, 0.05) is 12.1 Å². The van der Waals surface area contributed by atoms with Crippen molar-refractivity contribution in [2.45, 2.75) is 112 Å². The molecule has 2 amide bonds. The highest BCUT2D eigenvalue weighted by atomic mass is 35.5. The van der Waals surface area contributed by atoms with Crippen molar-refractivity contribution in [1.29, 1.82) is 0 Å². The monoisotopic (exact) mass is 556 g/mol. The van der Waals surface area contributed by atoms with Crippen LogP contribution in [-0.2, 0) is 14.3 Å². The molecule has 5 saturated carbocycles. The molecule has 0 aromatic heterocycles. The van der Waals surface area contributed by atoms with Crippen LogP contribution in [0.1, 0.15) is 77.0 Å². The Kier molecular flexibility index (Phi) is 8.75. The molecular formula is C25H37Cl2F3N2O4. The number of ether oxygens (including phenoxy) is 1. The summed E-state index contributed by atoms with van der Waals surface area (Å²) in [6.45, 7) is 0.257. The number of aliphatic hydroxyl groups excluding tert-OH is 1. The molecular weight excluding hydrogens is 520 g/mol. The van der Waals surface area contributed by atoms with Gasteiger partial charge in [0.05, 0.1) is 34.3 Å². The summed E-state index contributed by atoms with van der Waals surface area (Å²) in [7, 11) is 0. The number of halogens is 5. The van der Waals surface area contributed by atoms with Crippen molar-refractivity contribution in [2.75, 3.05) is 13.2 Å². The van der Waals surface area contributed by atoms with Crippen molar-refractivity contribution >= 4 is 35.0 Å². The first-order valence-corrected chi connectivity index (χ1v) is 14.0. The SMILES string of the molecule is O=C(COC1CCC(Cl)C(Cl)C1)NC12CCC(C(=O)NCC3CCC(C(F)(F)F)CC3)(CC1)[C@H](O)C2. The van der Waals surface area contributed by atoms with E-state index in [-0.39, 0.29) is 54.0 Å². The van der Waals surface area contributed by atoms with E-state index >= 15 is 0 Å². The zero-order valence-electron chi connectivity index (χ0n) is 20.4. The average Bonchev–Trinajstić information content (AvgIpc) is 2.83. The highest BCUT2D eigenvalue weighted by Crippen LogP contribution is 2.52. The molecule has 5 aliphatic carbocycles. The molecule has 5 aliphatic rings. The van der Waals surface area contributed by atoms with Crippen LogP contribution in [0.2, 0.25) is 0 Å². The lowest BCUT2D eigenvalue weighted by Crippen LogP contribution is -2.65. The predicted molar refractivity (Wildman–Crippen MR) is 130 cm³/mol. The number of amides is 2. The maximum Gasteiger partial charge on any atom is 0.391 e. The van der Waals surface area contributed by atoms with Crippen molar-refractivity contribution in [2.24, 2.45) is 17.3 Å². The fraction of sp³-hybridized carbons (Fsp3) is 0.920. The van der Waals surface area contributed by atoms with Crippen LogP contribution in [0.25, 0.3) is 0 Å². The number of rotatable bonds is 7. The lowest BCUT2D eigenvalue weighted by Gasteiger charge is -2.55. The van der Waals surface area contributed by atoms with Crippen LogP contribution in [0.3, 0.4) is 0 Å². The zero-order valence-corrected chi connectivity index (χ0v) is 21.9. The molecule has 0 spiro atoms. The summed E-state index contributed by atoms with van der Waals surface area (Å²) in [4.78, 5) is 25.8. The quantitative estimate of drug-likeness (QED) is 0.404. The maximum absolute atomic E-state index is 13.1. The Balaban J connectivity index is 1.22. The van der Waals surface area contributed by atoms with Gasteiger partial charge in [0.1, 0.15) is 6.61 Å². The van der Waals surface area contributed by atoms with Gasteiger partial charge in [-0.25, -0.2) is 0 Å². The smallest absolute Gasteiger partial charge is 0.391 e. The van der Waals surface area contributed by atoms with E-state index in [1.165, 1.54) is 0 Å². The summed E-state index contributed by atoms with van der Waals surface area (Å²) >= 11 is 12.3. The summed E-state index contributed by atoms with van der Waals surface area (Å²) in [6.07, 6.45) is 0.429. The molecule has 3 N–H and O–H groups in total. The number of fused-ring (bicyclic) bond motifs is 3. The van der Waals surface area contributed by atoms with Crippen molar-refractivity contribution in [3.8, 4) is 0 Å².